The van der Waals surface area contributed by atoms with Gasteiger partial charge in [0.05, 0.1) is 11.0 Å². The highest BCUT2D eigenvalue weighted by atomic mass is 15.0. The Bertz CT molecular complexity index is 4200. The minimum Gasteiger partial charge on any atom is -0.310 e. The van der Waals surface area contributed by atoms with Crippen molar-refractivity contribution in [3.05, 3.63) is 186 Å². The summed E-state index contributed by atoms with van der Waals surface area (Å²) >= 11 is 0. The van der Waals surface area contributed by atoms with Gasteiger partial charge in [0.15, 0.2) is 5.82 Å². The highest BCUT2D eigenvalue weighted by molar-refractivity contribution is 7.00. The van der Waals surface area contributed by atoms with E-state index >= 15 is 0 Å². The lowest BCUT2D eigenvalue weighted by atomic mass is 9.34. The number of nitrogens with zero attached hydrogens (tertiary/aromatic N) is 4. The summed E-state index contributed by atoms with van der Waals surface area (Å²) in [5.41, 5.74) is 26.2. The first-order valence-electron chi connectivity index (χ1n) is 27.9. The van der Waals surface area contributed by atoms with Crippen molar-refractivity contribution >= 4 is 66.7 Å². The number of hydrogen-bond acceptors (Lipinski definition) is 2. The van der Waals surface area contributed by atoms with Crippen molar-refractivity contribution in [3.63, 3.8) is 0 Å². The predicted octanol–water partition coefficient (Wildman–Crippen LogP) is 17.0. The van der Waals surface area contributed by atoms with Crippen molar-refractivity contribution in [1.29, 1.82) is 0 Å². The molecular formula is C72H71BN4. The fourth-order valence-corrected chi connectivity index (χ4v) is 12.7. The molecule has 0 saturated carbocycles. The van der Waals surface area contributed by atoms with Gasteiger partial charge in [-0.05, 0) is 147 Å². The van der Waals surface area contributed by atoms with Gasteiger partial charge in [0.1, 0.15) is 0 Å². The van der Waals surface area contributed by atoms with Crippen LogP contribution in [0.15, 0.2) is 158 Å². The fourth-order valence-electron chi connectivity index (χ4n) is 12.7. The second-order valence-electron chi connectivity index (χ2n) is 27.6. The quantitative estimate of drug-likeness (QED) is 0.165. The number of fused-ring (bicyclic) bond motifs is 10. The van der Waals surface area contributed by atoms with Crippen LogP contribution in [0.5, 0.6) is 0 Å². The zero-order valence-corrected chi connectivity index (χ0v) is 47.9. The molecule has 0 N–H and O–H groups in total. The van der Waals surface area contributed by atoms with Crippen LogP contribution in [0.25, 0.3) is 99.8 Å². The minimum atomic E-state index is -0.0692. The van der Waals surface area contributed by atoms with Crippen molar-refractivity contribution in [2.75, 3.05) is 0 Å². The van der Waals surface area contributed by atoms with Crippen LogP contribution in [0.4, 0.5) is 0 Å². The Balaban J connectivity index is 1.21. The van der Waals surface area contributed by atoms with Gasteiger partial charge in [-0.15, -0.1) is 0 Å². The van der Waals surface area contributed by atoms with E-state index in [9.17, 15) is 0 Å². The summed E-state index contributed by atoms with van der Waals surface area (Å²) in [7, 11) is 0. The molecule has 0 bridgehead atoms. The third-order valence-electron chi connectivity index (χ3n) is 17.2. The van der Waals surface area contributed by atoms with E-state index in [0.717, 1.165) is 5.56 Å². The van der Waals surface area contributed by atoms with E-state index in [0.29, 0.717) is 5.82 Å². The molecule has 0 unspecified atom stereocenters. The highest BCUT2D eigenvalue weighted by Crippen LogP contribution is 2.48. The number of rotatable bonds is 4. The van der Waals surface area contributed by atoms with Crippen molar-refractivity contribution in [1.82, 2.24) is 19.1 Å². The van der Waals surface area contributed by atoms with Gasteiger partial charge in [-0.2, -0.15) is 0 Å². The predicted molar refractivity (Wildman–Crippen MR) is 331 cm³/mol. The van der Waals surface area contributed by atoms with Gasteiger partial charge in [-0.3, -0.25) is 0 Å². The molecule has 8 aromatic carbocycles. The van der Waals surface area contributed by atoms with Crippen LogP contribution in [-0.2, 0) is 27.1 Å². The molecule has 2 aliphatic heterocycles. The summed E-state index contributed by atoms with van der Waals surface area (Å²) in [5, 5.41) is 5.13. The molecule has 3 aromatic heterocycles. The summed E-state index contributed by atoms with van der Waals surface area (Å²) in [4.78, 5) is 9.94. The molecule has 11 aromatic rings. The van der Waals surface area contributed by atoms with Crippen molar-refractivity contribution in [3.8, 4) is 56.1 Å². The Morgan fingerprint density at radius 3 is 1.25 bits per heavy atom. The highest BCUT2D eigenvalue weighted by Gasteiger charge is 2.43. The molecule has 4 nitrogen and oxygen atoms in total. The Labute approximate surface area is 456 Å². The first-order valence-corrected chi connectivity index (χ1v) is 27.9. The first kappa shape index (κ1) is 49.1. The van der Waals surface area contributed by atoms with Crippen molar-refractivity contribution < 1.29 is 0 Å². The minimum absolute atomic E-state index is 0.0402. The third-order valence-corrected chi connectivity index (χ3v) is 17.2. The monoisotopic (exact) mass is 1000 g/mol. The normalized spacial score (nSPS) is 13.6. The van der Waals surface area contributed by atoms with Gasteiger partial charge in [0.25, 0.3) is 6.71 Å². The van der Waals surface area contributed by atoms with Crippen LogP contribution >= 0.6 is 0 Å². The second-order valence-corrected chi connectivity index (χ2v) is 27.6. The molecule has 0 fully saturated rings. The second kappa shape index (κ2) is 16.5. The molecule has 77 heavy (non-hydrogen) atoms. The topological polar surface area (TPSA) is 35.6 Å². The molecule has 13 rings (SSSR count). The van der Waals surface area contributed by atoms with E-state index in [1.807, 2.05) is 18.5 Å². The number of hydrogen-bond donors (Lipinski definition) is 0. The Kier molecular flexibility index (Phi) is 10.5. The molecule has 382 valence electrons. The van der Waals surface area contributed by atoms with Gasteiger partial charge in [0.2, 0.25) is 0 Å². The van der Waals surface area contributed by atoms with Crippen LogP contribution in [0.2, 0.25) is 0 Å². The van der Waals surface area contributed by atoms with E-state index in [-0.39, 0.29) is 33.8 Å². The molecule has 0 aliphatic carbocycles. The Hall–Kier alpha value is -7.50. The van der Waals surface area contributed by atoms with E-state index in [1.165, 1.54) is 133 Å². The summed E-state index contributed by atoms with van der Waals surface area (Å²) in [6.45, 7) is 35.1. The van der Waals surface area contributed by atoms with Crippen LogP contribution in [0.3, 0.4) is 0 Å². The van der Waals surface area contributed by atoms with Crippen LogP contribution in [-0.4, -0.2) is 25.8 Å². The maximum atomic E-state index is 4.97. The lowest BCUT2D eigenvalue weighted by Gasteiger charge is -2.34. The molecular weight excluding hydrogens is 932 g/mol. The molecule has 5 heterocycles. The average Bonchev–Trinajstić information content (AvgIpc) is 3.13. The zero-order valence-electron chi connectivity index (χ0n) is 47.9. The maximum absolute atomic E-state index is 4.97. The Morgan fingerprint density at radius 1 is 0.351 bits per heavy atom. The lowest BCUT2D eigenvalue weighted by Crippen LogP contribution is -2.59. The van der Waals surface area contributed by atoms with Gasteiger partial charge in [-0.25, -0.2) is 9.97 Å². The van der Waals surface area contributed by atoms with E-state index < -0.39 is 0 Å². The van der Waals surface area contributed by atoms with Crippen LogP contribution < -0.4 is 16.4 Å². The molecule has 0 saturated heterocycles. The number of aromatic nitrogens is 4. The lowest BCUT2D eigenvalue weighted by molar-refractivity contribution is 0.568. The van der Waals surface area contributed by atoms with E-state index in [2.05, 4.69) is 253 Å². The summed E-state index contributed by atoms with van der Waals surface area (Å²) in [6, 6.07) is 56.8. The Morgan fingerprint density at radius 2 is 0.792 bits per heavy atom. The zero-order chi connectivity index (χ0) is 54.0. The standard InChI is InChI=1S/C72H71BN4/c1-68(2,3)47-23-29-59-55(41-47)63-53(45-34-50(71(10,11)12)40-51(35-45)72(13,14)15)25-27-57-66(63)77(59)61-38-46(67-74-30-19-31-75-67)37-60-64(61)73(57)56-26-24-52(44-32-48(69(4,5)6)39-49(33-44)70(7,8)9)62-54-36-43(42-20-17-16-18-21-42)22-28-58(54)76(60)65(56)62/h16-41H,1-15H3. The summed E-state index contributed by atoms with van der Waals surface area (Å²) < 4.78 is 5.24. The fraction of sp³-hybridized carbons (Fsp3) is 0.278. The van der Waals surface area contributed by atoms with Gasteiger partial charge in [-0.1, -0.05) is 207 Å². The van der Waals surface area contributed by atoms with Gasteiger partial charge < -0.3 is 9.13 Å². The third kappa shape index (κ3) is 7.69. The molecule has 0 atom stereocenters. The van der Waals surface area contributed by atoms with Crippen molar-refractivity contribution in [2.24, 2.45) is 0 Å². The molecule has 5 heteroatoms. The van der Waals surface area contributed by atoms with Gasteiger partial charge >= 0.3 is 0 Å². The maximum Gasteiger partial charge on any atom is 0.252 e. The van der Waals surface area contributed by atoms with E-state index in [1.54, 1.807) is 0 Å². The van der Waals surface area contributed by atoms with Crippen LogP contribution in [0, 0.1) is 0 Å². The first-order chi connectivity index (χ1) is 36.3. The summed E-state index contributed by atoms with van der Waals surface area (Å²) in [5.74, 6) is 0.714. The van der Waals surface area contributed by atoms with Crippen molar-refractivity contribution in [2.45, 2.75) is 131 Å². The largest absolute Gasteiger partial charge is 0.310 e. The molecule has 0 amide bonds. The molecule has 2 aliphatic rings. The molecule has 0 radical (unpaired) electrons. The SMILES string of the molecule is CC(C)(C)c1cc(-c2ccc3c4c2c2cc(-c5ccccc5)ccc2n4-c2cc(-c4ncccn4)cc4c2B3c2ccc(-c3cc(C(C)(C)C)cc(C(C)(C)C)c3)c3c5cc(C(C)(C)C)ccc5n-4c23)cc(C(C)(C)C)c1. The van der Waals surface area contributed by atoms with E-state index in [4.69, 9.17) is 9.97 Å². The number of benzene rings is 8. The summed E-state index contributed by atoms with van der Waals surface area (Å²) in [6.07, 6.45) is 3.75. The van der Waals surface area contributed by atoms with Gasteiger partial charge in [0, 0.05) is 61.9 Å². The smallest absolute Gasteiger partial charge is 0.252 e. The van der Waals surface area contributed by atoms with Crippen LogP contribution in [0.1, 0.15) is 132 Å². The molecule has 0 spiro atoms. The average molecular weight is 1000 g/mol.